The Hall–Kier alpha value is -3.86. The third-order valence-corrected chi connectivity index (χ3v) is 9.84. The van der Waals surface area contributed by atoms with Crippen LogP contribution < -0.4 is 19.7 Å². The van der Waals surface area contributed by atoms with E-state index in [9.17, 15) is 18.3 Å². The minimum atomic E-state index is -3.49. The summed E-state index contributed by atoms with van der Waals surface area (Å²) >= 11 is 0. The van der Waals surface area contributed by atoms with Gasteiger partial charge in [0.2, 0.25) is 10.0 Å². The van der Waals surface area contributed by atoms with Gasteiger partial charge in [0.1, 0.15) is 5.75 Å². The van der Waals surface area contributed by atoms with E-state index in [4.69, 9.17) is 4.74 Å². The number of ether oxygens (including phenoxy) is 1. The molecule has 2 heterocycles. The molecule has 1 aliphatic heterocycles. The van der Waals surface area contributed by atoms with Gasteiger partial charge in [-0.25, -0.2) is 8.42 Å². The predicted molar refractivity (Wildman–Crippen MR) is 170 cm³/mol. The minimum Gasteiger partial charge on any atom is -0.497 e. The van der Waals surface area contributed by atoms with Crippen molar-refractivity contribution in [2.75, 3.05) is 30.3 Å². The van der Waals surface area contributed by atoms with Crippen LogP contribution in [0, 0.1) is 0 Å². The average Bonchev–Trinajstić information content (AvgIpc) is 3.44. The number of carbonyl (C=O) groups is 1. The Morgan fingerprint density at radius 1 is 1.02 bits per heavy atom. The monoisotopic (exact) mass is 604 g/mol. The van der Waals surface area contributed by atoms with Gasteiger partial charge in [-0.05, 0) is 67.6 Å². The quantitative estimate of drug-likeness (QED) is 0.225. The molecule has 0 spiro atoms. The fourth-order valence-electron chi connectivity index (χ4n) is 5.64. The molecule has 3 N–H and O–H groups in total. The van der Waals surface area contributed by atoms with Crippen molar-refractivity contribution in [2.45, 2.75) is 51.4 Å². The zero-order chi connectivity index (χ0) is 30.4. The van der Waals surface area contributed by atoms with E-state index in [2.05, 4.69) is 10.6 Å². The number of aliphatic hydroxyl groups is 1. The largest absolute Gasteiger partial charge is 0.497 e. The van der Waals surface area contributed by atoms with Crippen LogP contribution in [0.5, 0.6) is 5.75 Å². The highest BCUT2D eigenvalue weighted by atomic mass is 32.2. The van der Waals surface area contributed by atoms with Crippen LogP contribution in [0.25, 0.3) is 10.9 Å². The number of anilines is 1. The molecular weight excluding hydrogens is 564 g/mol. The lowest BCUT2D eigenvalue weighted by Gasteiger charge is -2.29. The van der Waals surface area contributed by atoms with Gasteiger partial charge in [-0.15, -0.1) is 0 Å². The second kappa shape index (κ2) is 13.6. The van der Waals surface area contributed by atoms with Crippen LogP contribution in [-0.2, 0) is 29.5 Å². The van der Waals surface area contributed by atoms with Gasteiger partial charge in [-0.3, -0.25) is 9.10 Å². The molecular formula is C33H40N4O5S. The Bertz CT molecular complexity index is 1650. The van der Waals surface area contributed by atoms with E-state index in [1.807, 2.05) is 78.4 Å². The maximum Gasteiger partial charge on any atom is 0.251 e. The van der Waals surface area contributed by atoms with E-state index in [1.54, 1.807) is 19.2 Å². The zero-order valence-electron chi connectivity index (χ0n) is 24.7. The van der Waals surface area contributed by atoms with Crippen LogP contribution in [-0.4, -0.2) is 62.1 Å². The topological polar surface area (TPSA) is 113 Å². The molecule has 0 saturated carbocycles. The summed E-state index contributed by atoms with van der Waals surface area (Å²) in [7, 11) is -1.86. The maximum atomic E-state index is 13.8. The number of aryl methyl sites for hydroxylation is 1. The summed E-state index contributed by atoms with van der Waals surface area (Å²) in [6, 6.07) is 22.2. The Morgan fingerprint density at radius 3 is 2.56 bits per heavy atom. The molecule has 0 radical (unpaired) electrons. The minimum absolute atomic E-state index is 0.0908. The van der Waals surface area contributed by atoms with Crippen molar-refractivity contribution in [1.29, 1.82) is 0 Å². The molecule has 4 aromatic rings. The number of carbonyl (C=O) groups excluding carboxylic acids is 1. The lowest BCUT2D eigenvalue weighted by Crippen LogP contribution is -2.48. The standard InChI is InChI=1S/C33H40N4O5S/c1-3-36-16-14-28-30(36)20-26(21-31(28)37-15-7-8-17-43(37,40)41)33(39)35-29(19-24-10-5-4-6-11-24)32(38)23-34-22-25-12-9-13-27(18-25)42-2/h4-6,9-14,16,18,20-21,29,32,34,38H,3,7-8,15,17,19,22-23H2,1-2H3,(H,35,39)/t29-,32+/m0/s1. The number of fused-ring (bicyclic) bond motifs is 1. The second-order valence-corrected chi connectivity index (χ2v) is 13.0. The summed E-state index contributed by atoms with van der Waals surface area (Å²) in [5.41, 5.74) is 3.67. The maximum absolute atomic E-state index is 13.8. The predicted octanol–water partition coefficient (Wildman–Crippen LogP) is 4.09. The number of nitrogens with zero attached hydrogens (tertiary/aromatic N) is 2. The summed E-state index contributed by atoms with van der Waals surface area (Å²) in [6.45, 7) is 3.85. The van der Waals surface area contributed by atoms with Gasteiger partial charge >= 0.3 is 0 Å². The van der Waals surface area contributed by atoms with Gasteiger partial charge in [0.15, 0.2) is 0 Å². The highest BCUT2D eigenvalue weighted by Crippen LogP contribution is 2.33. The van der Waals surface area contributed by atoms with Gasteiger partial charge in [0.25, 0.3) is 5.91 Å². The number of methoxy groups -OCH3 is 1. The van der Waals surface area contributed by atoms with Crippen LogP contribution in [0.2, 0.25) is 0 Å². The third-order valence-electron chi connectivity index (χ3n) is 7.98. The molecule has 1 aliphatic rings. The Kier molecular flexibility index (Phi) is 9.69. The van der Waals surface area contributed by atoms with Gasteiger partial charge in [0.05, 0.1) is 36.2 Å². The number of aromatic nitrogens is 1. The van der Waals surface area contributed by atoms with Gasteiger partial charge in [-0.1, -0.05) is 42.5 Å². The molecule has 1 aromatic heterocycles. The first-order valence-corrected chi connectivity index (χ1v) is 16.4. The molecule has 1 saturated heterocycles. The zero-order valence-corrected chi connectivity index (χ0v) is 25.5. The fraction of sp³-hybridized carbons (Fsp3) is 0.364. The molecule has 0 bridgehead atoms. The molecule has 9 nitrogen and oxygen atoms in total. The molecule has 10 heteroatoms. The van der Waals surface area contributed by atoms with Crippen LogP contribution in [0.3, 0.4) is 0 Å². The van der Waals surface area contributed by atoms with Gasteiger partial charge in [-0.2, -0.15) is 0 Å². The van der Waals surface area contributed by atoms with E-state index in [0.29, 0.717) is 43.7 Å². The van der Waals surface area contributed by atoms with Gasteiger partial charge in [0, 0.05) is 43.3 Å². The molecule has 0 unspecified atom stereocenters. The summed E-state index contributed by atoms with van der Waals surface area (Å²) in [4.78, 5) is 13.8. The first kappa shape index (κ1) is 30.6. The Morgan fingerprint density at radius 2 is 1.81 bits per heavy atom. The van der Waals surface area contributed by atoms with Crippen LogP contribution >= 0.6 is 0 Å². The molecule has 3 aromatic carbocycles. The number of amides is 1. The van der Waals surface area contributed by atoms with E-state index in [-0.39, 0.29) is 18.2 Å². The van der Waals surface area contributed by atoms with E-state index in [0.717, 1.165) is 34.2 Å². The first-order valence-electron chi connectivity index (χ1n) is 14.8. The van der Waals surface area contributed by atoms with Crippen molar-refractivity contribution in [1.82, 2.24) is 15.2 Å². The second-order valence-electron chi connectivity index (χ2n) is 10.9. The van der Waals surface area contributed by atoms with Crippen molar-refractivity contribution in [3.63, 3.8) is 0 Å². The van der Waals surface area contributed by atoms with E-state index >= 15 is 0 Å². The Balaban J connectivity index is 1.40. The van der Waals surface area contributed by atoms with E-state index in [1.165, 1.54) is 4.31 Å². The smallest absolute Gasteiger partial charge is 0.251 e. The molecule has 5 rings (SSSR count). The fourth-order valence-corrected chi connectivity index (χ4v) is 7.29. The summed E-state index contributed by atoms with van der Waals surface area (Å²) < 4.78 is 34.9. The number of hydrogen-bond acceptors (Lipinski definition) is 6. The van der Waals surface area contributed by atoms with Crippen molar-refractivity contribution in [2.24, 2.45) is 0 Å². The van der Waals surface area contributed by atoms with Crippen LogP contribution in [0.15, 0.2) is 79.0 Å². The van der Waals surface area contributed by atoms with Crippen molar-refractivity contribution in [3.8, 4) is 5.75 Å². The van der Waals surface area contributed by atoms with Crippen molar-refractivity contribution >= 4 is 32.5 Å². The summed E-state index contributed by atoms with van der Waals surface area (Å²) in [5, 5.41) is 18.5. The number of hydrogen-bond donors (Lipinski definition) is 3. The lowest BCUT2D eigenvalue weighted by molar-refractivity contribution is 0.0830. The number of rotatable bonds is 12. The molecule has 228 valence electrons. The number of nitrogens with one attached hydrogen (secondary N) is 2. The highest BCUT2D eigenvalue weighted by Gasteiger charge is 2.29. The van der Waals surface area contributed by atoms with Crippen LogP contribution in [0.4, 0.5) is 5.69 Å². The summed E-state index contributed by atoms with van der Waals surface area (Å²) in [6.07, 6.45) is 2.85. The molecule has 2 atom stereocenters. The number of benzene rings is 3. The summed E-state index contributed by atoms with van der Waals surface area (Å²) in [5.74, 6) is 0.485. The van der Waals surface area contributed by atoms with Crippen LogP contribution in [0.1, 0.15) is 41.3 Å². The third kappa shape index (κ3) is 7.21. The number of aliphatic hydroxyl groups excluding tert-OH is 1. The first-order chi connectivity index (χ1) is 20.8. The molecule has 43 heavy (non-hydrogen) atoms. The van der Waals surface area contributed by atoms with Gasteiger partial charge < -0.3 is 25.0 Å². The lowest BCUT2D eigenvalue weighted by atomic mass is 10.00. The SMILES string of the molecule is CCn1ccc2c(N3CCCCS3(=O)=O)cc(C(=O)N[C@@H](Cc3ccccc3)[C@H](O)CNCc3cccc(OC)c3)cc21. The highest BCUT2D eigenvalue weighted by molar-refractivity contribution is 7.92. The molecule has 1 fully saturated rings. The number of sulfonamides is 1. The Labute approximate surface area is 253 Å². The van der Waals surface area contributed by atoms with E-state index < -0.39 is 22.2 Å². The van der Waals surface area contributed by atoms with Crippen molar-refractivity contribution < 1.29 is 23.1 Å². The normalized spacial score (nSPS) is 16.1. The average molecular weight is 605 g/mol. The van der Waals surface area contributed by atoms with Crippen molar-refractivity contribution in [3.05, 3.63) is 95.7 Å². The molecule has 0 aliphatic carbocycles. The molecule has 1 amide bonds.